The summed E-state index contributed by atoms with van der Waals surface area (Å²) in [5.41, 5.74) is 2.72. The fourth-order valence-electron chi connectivity index (χ4n) is 3.27. The first kappa shape index (κ1) is 14.1. The Morgan fingerprint density at radius 1 is 1.33 bits per heavy atom. The number of hydrogen-bond acceptors (Lipinski definition) is 1. The van der Waals surface area contributed by atoms with Gasteiger partial charge in [-0.25, -0.2) is 4.39 Å². The second-order valence-corrected chi connectivity index (χ2v) is 6.00. The van der Waals surface area contributed by atoms with Crippen LogP contribution in [0.3, 0.4) is 0 Å². The van der Waals surface area contributed by atoms with Crippen molar-refractivity contribution in [1.82, 2.24) is 10.3 Å². The molecule has 1 heterocycles. The van der Waals surface area contributed by atoms with E-state index in [0.29, 0.717) is 12.5 Å². The van der Waals surface area contributed by atoms with E-state index in [-0.39, 0.29) is 11.7 Å². The Morgan fingerprint density at radius 3 is 2.86 bits per heavy atom. The lowest BCUT2D eigenvalue weighted by molar-refractivity contribution is -0.121. The van der Waals surface area contributed by atoms with E-state index in [1.165, 1.54) is 31.4 Å². The van der Waals surface area contributed by atoms with Gasteiger partial charge in [-0.1, -0.05) is 19.3 Å². The smallest absolute Gasteiger partial charge is 0.224 e. The highest BCUT2D eigenvalue weighted by molar-refractivity contribution is 5.90. The number of benzene rings is 1. The van der Waals surface area contributed by atoms with E-state index in [2.05, 4.69) is 10.3 Å². The van der Waals surface area contributed by atoms with Crippen molar-refractivity contribution in [3.8, 4) is 0 Å². The molecule has 3 nitrogen and oxygen atoms in total. The maximum atomic E-state index is 13.4. The normalized spacial score (nSPS) is 16.3. The molecular weight excluding hydrogens is 267 g/mol. The summed E-state index contributed by atoms with van der Waals surface area (Å²) >= 11 is 0. The van der Waals surface area contributed by atoms with E-state index < -0.39 is 0 Å². The van der Waals surface area contributed by atoms with Crippen molar-refractivity contribution in [3.05, 3.63) is 35.3 Å². The number of amides is 1. The van der Waals surface area contributed by atoms with Gasteiger partial charge in [-0.15, -0.1) is 0 Å². The zero-order valence-electron chi connectivity index (χ0n) is 12.3. The molecule has 1 aliphatic carbocycles. The molecular formula is C17H21FN2O. The van der Waals surface area contributed by atoms with Crippen molar-refractivity contribution in [2.75, 3.05) is 0 Å². The average Bonchev–Trinajstić information content (AvgIpc) is 2.76. The lowest BCUT2D eigenvalue weighted by Crippen LogP contribution is -2.37. The number of aromatic nitrogens is 1. The molecule has 0 atom stereocenters. The molecule has 2 aromatic rings. The standard InChI is InChI=1S/C17H21FN2O/c1-11-14(15-9-12(18)7-8-16(15)19-11)10-17(21)20-13-5-3-2-4-6-13/h7-9,13,19H,2-6,10H2,1H3,(H,20,21). The molecule has 0 aliphatic heterocycles. The van der Waals surface area contributed by atoms with Crippen molar-refractivity contribution in [2.24, 2.45) is 0 Å². The number of halogens is 1. The quantitative estimate of drug-likeness (QED) is 0.890. The van der Waals surface area contributed by atoms with E-state index in [0.717, 1.165) is 35.0 Å². The van der Waals surface area contributed by atoms with Crippen molar-refractivity contribution in [1.29, 1.82) is 0 Å². The van der Waals surface area contributed by atoms with Gasteiger partial charge in [0, 0.05) is 22.6 Å². The number of carbonyl (C=O) groups excluding carboxylic acids is 1. The number of fused-ring (bicyclic) bond motifs is 1. The van der Waals surface area contributed by atoms with Crippen LogP contribution in [0.5, 0.6) is 0 Å². The Morgan fingerprint density at radius 2 is 2.10 bits per heavy atom. The molecule has 0 radical (unpaired) electrons. The van der Waals surface area contributed by atoms with Crippen molar-refractivity contribution >= 4 is 16.8 Å². The van der Waals surface area contributed by atoms with Crippen molar-refractivity contribution in [2.45, 2.75) is 51.5 Å². The Kier molecular flexibility index (Phi) is 3.95. The third kappa shape index (κ3) is 3.09. The molecule has 4 heteroatoms. The number of aryl methyl sites for hydroxylation is 1. The number of nitrogens with one attached hydrogen (secondary N) is 2. The largest absolute Gasteiger partial charge is 0.358 e. The van der Waals surface area contributed by atoms with Crippen molar-refractivity contribution in [3.63, 3.8) is 0 Å². The minimum Gasteiger partial charge on any atom is -0.358 e. The van der Waals surface area contributed by atoms with Gasteiger partial charge in [0.15, 0.2) is 0 Å². The van der Waals surface area contributed by atoms with Crippen LogP contribution in [-0.2, 0) is 11.2 Å². The predicted octanol–water partition coefficient (Wildman–Crippen LogP) is 3.61. The highest BCUT2D eigenvalue weighted by atomic mass is 19.1. The van der Waals surface area contributed by atoms with Gasteiger partial charge in [0.1, 0.15) is 5.82 Å². The van der Waals surface area contributed by atoms with Gasteiger partial charge in [-0.05, 0) is 43.5 Å². The number of hydrogen-bond donors (Lipinski definition) is 2. The van der Waals surface area contributed by atoms with Gasteiger partial charge in [-0.3, -0.25) is 4.79 Å². The first-order chi connectivity index (χ1) is 10.1. The number of aromatic amines is 1. The number of H-pyrrole nitrogens is 1. The zero-order valence-corrected chi connectivity index (χ0v) is 12.3. The third-order valence-electron chi connectivity index (χ3n) is 4.39. The first-order valence-corrected chi connectivity index (χ1v) is 7.69. The van der Waals surface area contributed by atoms with Gasteiger partial charge >= 0.3 is 0 Å². The molecule has 3 rings (SSSR count). The Bertz CT molecular complexity index is 656. The fraction of sp³-hybridized carbons (Fsp3) is 0.471. The van der Waals surface area contributed by atoms with E-state index in [1.54, 1.807) is 6.07 Å². The van der Waals surface area contributed by atoms with Gasteiger partial charge in [0.05, 0.1) is 6.42 Å². The first-order valence-electron chi connectivity index (χ1n) is 7.69. The zero-order chi connectivity index (χ0) is 14.8. The summed E-state index contributed by atoms with van der Waals surface area (Å²) in [4.78, 5) is 15.5. The molecule has 0 saturated heterocycles. The lowest BCUT2D eigenvalue weighted by atomic mass is 9.95. The van der Waals surface area contributed by atoms with Crippen LogP contribution in [0.2, 0.25) is 0 Å². The molecule has 1 amide bonds. The molecule has 21 heavy (non-hydrogen) atoms. The van der Waals surface area contributed by atoms with E-state index in [9.17, 15) is 9.18 Å². The van der Waals surface area contributed by atoms with Crippen LogP contribution < -0.4 is 5.32 Å². The predicted molar refractivity (Wildman–Crippen MR) is 81.7 cm³/mol. The molecule has 0 unspecified atom stereocenters. The van der Waals surface area contributed by atoms with Crippen LogP contribution in [0.1, 0.15) is 43.4 Å². The number of rotatable bonds is 3. The Labute approximate surface area is 123 Å². The van der Waals surface area contributed by atoms with E-state index in [1.807, 2.05) is 6.92 Å². The summed E-state index contributed by atoms with van der Waals surface area (Å²) < 4.78 is 13.4. The highest BCUT2D eigenvalue weighted by Gasteiger charge is 2.18. The fourth-order valence-corrected chi connectivity index (χ4v) is 3.27. The molecule has 2 N–H and O–H groups in total. The lowest BCUT2D eigenvalue weighted by Gasteiger charge is -2.22. The second kappa shape index (κ2) is 5.88. The van der Waals surface area contributed by atoms with Gasteiger partial charge < -0.3 is 10.3 Å². The van der Waals surface area contributed by atoms with Gasteiger partial charge in [-0.2, -0.15) is 0 Å². The SMILES string of the molecule is Cc1[nH]c2ccc(F)cc2c1CC(=O)NC1CCCCC1. The summed E-state index contributed by atoms with van der Waals surface area (Å²) in [7, 11) is 0. The van der Waals surface area contributed by atoms with Crippen LogP contribution >= 0.6 is 0 Å². The summed E-state index contributed by atoms with van der Waals surface area (Å²) in [6.45, 7) is 1.93. The van der Waals surface area contributed by atoms with E-state index in [4.69, 9.17) is 0 Å². The minimum atomic E-state index is -0.268. The van der Waals surface area contributed by atoms with Gasteiger partial charge in [0.2, 0.25) is 5.91 Å². The summed E-state index contributed by atoms with van der Waals surface area (Å²) in [6.07, 6.45) is 6.13. The maximum absolute atomic E-state index is 13.4. The van der Waals surface area contributed by atoms with Crippen LogP contribution in [0.4, 0.5) is 4.39 Å². The minimum absolute atomic E-state index is 0.0372. The van der Waals surface area contributed by atoms with Crippen LogP contribution in [0, 0.1) is 12.7 Å². The summed E-state index contributed by atoms with van der Waals surface area (Å²) in [6, 6.07) is 4.97. The van der Waals surface area contributed by atoms with Gasteiger partial charge in [0.25, 0.3) is 0 Å². The molecule has 0 bridgehead atoms. The van der Waals surface area contributed by atoms with E-state index >= 15 is 0 Å². The molecule has 0 spiro atoms. The molecule has 1 aliphatic rings. The van der Waals surface area contributed by atoms with Crippen LogP contribution in [-0.4, -0.2) is 16.9 Å². The molecule has 1 aromatic carbocycles. The average molecular weight is 288 g/mol. The highest BCUT2D eigenvalue weighted by Crippen LogP contribution is 2.24. The Hall–Kier alpha value is -1.84. The molecule has 112 valence electrons. The van der Waals surface area contributed by atoms with Crippen molar-refractivity contribution < 1.29 is 9.18 Å². The second-order valence-electron chi connectivity index (χ2n) is 6.00. The van der Waals surface area contributed by atoms with Crippen LogP contribution in [0.25, 0.3) is 10.9 Å². The molecule has 1 fully saturated rings. The molecule has 1 aromatic heterocycles. The topological polar surface area (TPSA) is 44.9 Å². The summed E-state index contributed by atoms with van der Waals surface area (Å²) in [5, 5.41) is 3.93. The summed E-state index contributed by atoms with van der Waals surface area (Å²) in [5.74, 6) is -0.231. The maximum Gasteiger partial charge on any atom is 0.224 e. The third-order valence-corrected chi connectivity index (χ3v) is 4.39. The Balaban J connectivity index is 1.76. The van der Waals surface area contributed by atoms with Crippen LogP contribution in [0.15, 0.2) is 18.2 Å². The molecule has 1 saturated carbocycles. The monoisotopic (exact) mass is 288 g/mol. The number of carbonyl (C=O) groups is 1.